The molecule has 0 unspecified atom stereocenters. The topological polar surface area (TPSA) is 92.2 Å². The molecule has 0 atom stereocenters. The van der Waals surface area contributed by atoms with E-state index >= 15 is 0 Å². The van der Waals surface area contributed by atoms with Gasteiger partial charge >= 0.3 is 0 Å². The van der Waals surface area contributed by atoms with Crippen LogP contribution in [0.1, 0.15) is 16.3 Å². The summed E-state index contributed by atoms with van der Waals surface area (Å²) in [7, 11) is -3.67. The quantitative estimate of drug-likeness (QED) is 0.807. The molecule has 0 aliphatic carbocycles. The fourth-order valence-corrected chi connectivity index (χ4v) is 3.28. The molecule has 0 radical (unpaired) electrons. The van der Waals surface area contributed by atoms with Gasteiger partial charge in [-0.15, -0.1) is 11.3 Å². The number of aliphatic hydroxyl groups is 1. The Morgan fingerprint density at radius 1 is 1.43 bits per heavy atom. The number of aromatic nitrogens is 2. The molecule has 2 aromatic heterocycles. The first-order valence-corrected chi connectivity index (χ1v) is 8.33. The zero-order valence-corrected chi connectivity index (χ0v) is 12.8. The molecule has 8 heteroatoms. The van der Waals surface area contributed by atoms with Gasteiger partial charge < -0.3 is 5.11 Å². The number of hydrogen-bond acceptors (Lipinski definition) is 6. The van der Waals surface area contributed by atoms with Crippen LogP contribution in [0, 0.1) is 18.8 Å². The highest BCUT2D eigenvalue weighted by molar-refractivity contribution is 7.89. The molecule has 110 valence electrons. The summed E-state index contributed by atoms with van der Waals surface area (Å²) in [4.78, 5) is 8.07. The summed E-state index contributed by atoms with van der Waals surface area (Å²) < 4.78 is 26.8. The van der Waals surface area contributed by atoms with Gasteiger partial charge in [0, 0.05) is 29.0 Å². The van der Waals surface area contributed by atoms with Crippen molar-refractivity contribution in [3.63, 3.8) is 0 Å². The third-order valence-electron chi connectivity index (χ3n) is 2.42. The maximum absolute atomic E-state index is 12.2. The first kappa shape index (κ1) is 15.6. The SMILES string of the molecule is Cc1csc(CNS(=O)(=O)c2cncc(C#CCO)c2)n1. The van der Waals surface area contributed by atoms with Crippen molar-refractivity contribution in [1.82, 2.24) is 14.7 Å². The van der Waals surface area contributed by atoms with Gasteiger partial charge in [-0.3, -0.25) is 4.98 Å². The molecule has 0 saturated heterocycles. The summed E-state index contributed by atoms with van der Waals surface area (Å²) in [5.74, 6) is 5.06. The predicted molar refractivity (Wildman–Crippen MR) is 79.1 cm³/mol. The summed E-state index contributed by atoms with van der Waals surface area (Å²) in [6.07, 6.45) is 2.69. The fourth-order valence-electron chi connectivity index (χ4n) is 1.50. The van der Waals surface area contributed by atoms with Gasteiger partial charge in [0.25, 0.3) is 0 Å². The van der Waals surface area contributed by atoms with E-state index in [1.165, 1.54) is 29.8 Å². The van der Waals surface area contributed by atoms with E-state index in [0.717, 1.165) is 5.69 Å². The van der Waals surface area contributed by atoms with Crippen molar-refractivity contribution in [2.24, 2.45) is 0 Å². The summed E-state index contributed by atoms with van der Waals surface area (Å²) in [6.45, 7) is 1.69. The Balaban J connectivity index is 2.15. The van der Waals surface area contributed by atoms with E-state index in [1.54, 1.807) is 0 Å². The van der Waals surface area contributed by atoms with E-state index in [2.05, 4.69) is 26.5 Å². The third kappa shape index (κ3) is 4.34. The van der Waals surface area contributed by atoms with Crippen molar-refractivity contribution >= 4 is 21.4 Å². The highest BCUT2D eigenvalue weighted by Crippen LogP contribution is 2.12. The maximum atomic E-state index is 12.2. The third-order valence-corrected chi connectivity index (χ3v) is 4.75. The largest absolute Gasteiger partial charge is 0.384 e. The van der Waals surface area contributed by atoms with Crippen LogP contribution in [0.2, 0.25) is 0 Å². The van der Waals surface area contributed by atoms with Gasteiger partial charge in [-0.05, 0) is 13.0 Å². The second-order valence-electron chi connectivity index (χ2n) is 4.08. The van der Waals surface area contributed by atoms with Crippen LogP contribution in [-0.4, -0.2) is 30.1 Å². The van der Waals surface area contributed by atoms with Crippen molar-refractivity contribution in [3.8, 4) is 11.8 Å². The highest BCUT2D eigenvalue weighted by atomic mass is 32.2. The van der Waals surface area contributed by atoms with Crippen LogP contribution in [0.3, 0.4) is 0 Å². The van der Waals surface area contributed by atoms with Crippen LogP contribution >= 0.6 is 11.3 Å². The lowest BCUT2D eigenvalue weighted by Gasteiger charge is -2.05. The van der Waals surface area contributed by atoms with Crippen LogP contribution in [0.25, 0.3) is 0 Å². The number of sulfonamides is 1. The minimum absolute atomic E-state index is 0.0283. The van der Waals surface area contributed by atoms with E-state index in [0.29, 0.717) is 10.6 Å². The maximum Gasteiger partial charge on any atom is 0.242 e. The van der Waals surface area contributed by atoms with Crippen molar-refractivity contribution in [2.45, 2.75) is 18.4 Å². The first-order valence-electron chi connectivity index (χ1n) is 5.97. The molecule has 0 bridgehead atoms. The first-order chi connectivity index (χ1) is 10.0. The Labute approximate surface area is 126 Å². The van der Waals surface area contributed by atoms with Crippen molar-refractivity contribution in [3.05, 3.63) is 40.1 Å². The molecule has 2 aromatic rings. The average Bonchev–Trinajstić information content (AvgIpc) is 2.89. The van der Waals surface area contributed by atoms with Crippen molar-refractivity contribution < 1.29 is 13.5 Å². The molecule has 0 aliphatic heterocycles. The lowest BCUT2D eigenvalue weighted by molar-refractivity contribution is 0.350. The Bertz CT molecular complexity index is 788. The second kappa shape index (κ2) is 6.78. The summed E-state index contributed by atoms with van der Waals surface area (Å²) in [6, 6.07) is 1.41. The fraction of sp³-hybridized carbons (Fsp3) is 0.231. The van der Waals surface area contributed by atoms with E-state index in [-0.39, 0.29) is 18.0 Å². The molecule has 0 saturated carbocycles. The Hall–Kier alpha value is -1.79. The van der Waals surface area contributed by atoms with Gasteiger partial charge in [-0.25, -0.2) is 18.1 Å². The molecule has 2 heterocycles. The van der Waals surface area contributed by atoms with E-state index in [4.69, 9.17) is 5.11 Å². The molecule has 0 amide bonds. The summed E-state index contributed by atoms with van der Waals surface area (Å²) in [5, 5.41) is 11.2. The van der Waals surface area contributed by atoms with E-state index in [9.17, 15) is 8.42 Å². The van der Waals surface area contributed by atoms with Gasteiger partial charge in [0.15, 0.2) is 0 Å². The number of pyridine rings is 1. The molecular formula is C13H13N3O3S2. The summed E-state index contributed by atoms with van der Waals surface area (Å²) in [5.41, 5.74) is 1.29. The Kier molecular flexibility index (Phi) is 5.03. The molecule has 0 spiro atoms. The van der Waals surface area contributed by atoms with E-state index in [1.807, 2.05) is 12.3 Å². The molecular weight excluding hydrogens is 310 g/mol. The second-order valence-corrected chi connectivity index (χ2v) is 6.79. The van der Waals surface area contributed by atoms with Crippen LogP contribution in [0.15, 0.2) is 28.7 Å². The molecule has 6 nitrogen and oxygen atoms in total. The zero-order chi connectivity index (χ0) is 15.3. The Morgan fingerprint density at radius 3 is 2.90 bits per heavy atom. The number of aliphatic hydroxyl groups excluding tert-OH is 1. The molecule has 0 aromatic carbocycles. The molecule has 0 aliphatic rings. The van der Waals surface area contributed by atoms with Crippen molar-refractivity contribution in [2.75, 3.05) is 6.61 Å². The van der Waals surface area contributed by atoms with Crippen molar-refractivity contribution in [1.29, 1.82) is 0 Å². The van der Waals surface area contributed by atoms with Gasteiger partial charge in [0.2, 0.25) is 10.0 Å². The van der Waals surface area contributed by atoms with Crippen LogP contribution in [0.4, 0.5) is 0 Å². The highest BCUT2D eigenvalue weighted by Gasteiger charge is 2.15. The lowest BCUT2D eigenvalue weighted by Crippen LogP contribution is -2.23. The number of hydrogen-bond donors (Lipinski definition) is 2. The molecule has 0 fully saturated rings. The number of nitrogens with one attached hydrogen (secondary N) is 1. The monoisotopic (exact) mass is 323 g/mol. The number of nitrogens with zero attached hydrogens (tertiary/aromatic N) is 2. The van der Waals surface area contributed by atoms with Crippen LogP contribution < -0.4 is 4.72 Å². The lowest BCUT2D eigenvalue weighted by atomic mass is 10.3. The van der Waals surface area contributed by atoms with Gasteiger partial charge in [-0.2, -0.15) is 0 Å². The van der Waals surface area contributed by atoms with Gasteiger partial charge in [-0.1, -0.05) is 11.8 Å². The smallest absolute Gasteiger partial charge is 0.242 e. The van der Waals surface area contributed by atoms with Crippen LogP contribution in [0.5, 0.6) is 0 Å². The molecule has 2 rings (SSSR count). The van der Waals surface area contributed by atoms with Gasteiger partial charge in [0.05, 0.1) is 6.54 Å². The minimum Gasteiger partial charge on any atom is -0.384 e. The number of aryl methyl sites for hydroxylation is 1. The standard InChI is InChI=1S/C13H13N3O3S2/c1-10-9-20-13(16-10)8-15-21(18,19)12-5-11(3-2-4-17)6-14-7-12/h5-7,9,15,17H,4,8H2,1H3. The van der Waals surface area contributed by atoms with E-state index < -0.39 is 10.0 Å². The predicted octanol–water partition coefficient (Wildman–Crippen LogP) is 0.669. The number of rotatable bonds is 4. The number of thiazole rings is 1. The zero-order valence-electron chi connectivity index (χ0n) is 11.2. The van der Waals surface area contributed by atoms with Crippen LogP contribution in [-0.2, 0) is 16.6 Å². The molecule has 21 heavy (non-hydrogen) atoms. The minimum atomic E-state index is -3.67. The van der Waals surface area contributed by atoms with Gasteiger partial charge in [0.1, 0.15) is 16.5 Å². The summed E-state index contributed by atoms with van der Waals surface area (Å²) >= 11 is 1.40. The average molecular weight is 323 g/mol. The molecule has 2 N–H and O–H groups in total. The Morgan fingerprint density at radius 2 is 2.24 bits per heavy atom. The normalized spacial score (nSPS) is 11.0.